The Bertz CT molecular complexity index is 140. The van der Waals surface area contributed by atoms with E-state index in [0.29, 0.717) is 19.0 Å². The molecule has 1 rings (SSSR count). The fourth-order valence-corrected chi connectivity index (χ4v) is 0.767. The van der Waals surface area contributed by atoms with E-state index in [-0.39, 0.29) is 5.54 Å². The van der Waals surface area contributed by atoms with Gasteiger partial charge in [-0.25, -0.2) is 4.99 Å². The van der Waals surface area contributed by atoms with Crippen LogP contribution in [0.15, 0.2) is 4.99 Å². The Morgan fingerprint density at radius 3 is 2.67 bits per heavy atom. The van der Waals surface area contributed by atoms with E-state index in [4.69, 9.17) is 10.5 Å². The number of rotatable bonds is 1. The molecular formula is C6H12N2O. The highest BCUT2D eigenvalue weighted by molar-refractivity contribution is 5.79. The summed E-state index contributed by atoms with van der Waals surface area (Å²) in [7, 11) is 0. The molecule has 0 bridgehead atoms. The molecule has 1 aliphatic rings. The molecule has 0 fully saturated rings. The van der Waals surface area contributed by atoms with Crippen LogP contribution < -0.4 is 5.73 Å². The van der Waals surface area contributed by atoms with Gasteiger partial charge in [0.1, 0.15) is 6.61 Å². The van der Waals surface area contributed by atoms with E-state index in [1.165, 1.54) is 0 Å². The van der Waals surface area contributed by atoms with Gasteiger partial charge in [0.15, 0.2) is 5.90 Å². The van der Waals surface area contributed by atoms with Gasteiger partial charge in [0, 0.05) is 0 Å². The van der Waals surface area contributed by atoms with Gasteiger partial charge in [-0.2, -0.15) is 0 Å². The molecule has 1 heterocycles. The van der Waals surface area contributed by atoms with Crippen LogP contribution in [-0.2, 0) is 4.74 Å². The van der Waals surface area contributed by atoms with Crippen LogP contribution >= 0.6 is 0 Å². The van der Waals surface area contributed by atoms with Crippen molar-refractivity contribution in [3.63, 3.8) is 0 Å². The molecule has 0 spiro atoms. The van der Waals surface area contributed by atoms with Crippen LogP contribution in [0.3, 0.4) is 0 Å². The zero-order valence-electron chi connectivity index (χ0n) is 5.85. The normalized spacial score (nSPS) is 23.2. The van der Waals surface area contributed by atoms with Crippen molar-refractivity contribution in [1.82, 2.24) is 0 Å². The summed E-state index contributed by atoms with van der Waals surface area (Å²) < 4.78 is 5.14. The van der Waals surface area contributed by atoms with Crippen molar-refractivity contribution >= 4 is 5.90 Å². The summed E-state index contributed by atoms with van der Waals surface area (Å²) in [6.07, 6.45) is 0. The molecule has 0 aromatic rings. The lowest BCUT2D eigenvalue weighted by molar-refractivity contribution is 0.276. The Hall–Kier alpha value is -0.570. The number of hydrogen-bond acceptors (Lipinski definition) is 3. The molecule has 0 saturated carbocycles. The minimum absolute atomic E-state index is 0.0469. The van der Waals surface area contributed by atoms with Crippen LogP contribution in [0.4, 0.5) is 0 Å². The first kappa shape index (κ1) is 6.55. The average Bonchev–Trinajstić information content (AvgIpc) is 2.10. The summed E-state index contributed by atoms with van der Waals surface area (Å²) in [5.74, 6) is 0.681. The van der Waals surface area contributed by atoms with Crippen LogP contribution in [0.1, 0.15) is 13.8 Å². The fourth-order valence-electron chi connectivity index (χ4n) is 0.767. The third kappa shape index (κ3) is 1.42. The molecule has 0 amide bonds. The minimum atomic E-state index is -0.0469. The molecule has 0 aromatic carbocycles. The molecule has 3 nitrogen and oxygen atoms in total. The minimum Gasteiger partial charge on any atom is -0.477 e. The van der Waals surface area contributed by atoms with Gasteiger partial charge >= 0.3 is 0 Å². The van der Waals surface area contributed by atoms with Gasteiger partial charge in [-0.05, 0) is 13.8 Å². The molecule has 3 heteroatoms. The van der Waals surface area contributed by atoms with Crippen molar-refractivity contribution in [3.8, 4) is 0 Å². The number of aliphatic imine (C=N–C) groups is 1. The summed E-state index contributed by atoms with van der Waals surface area (Å²) in [4.78, 5) is 4.21. The van der Waals surface area contributed by atoms with Gasteiger partial charge in [-0.1, -0.05) is 0 Å². The van der Waals surface area contributed by atoms with Crippen molar-refractivity contribution in [2.75, 3.05) is 13.2 Å². The van der Waals surface area contributed by atoms with E-state index >= 15 is 0 Å². The second kappa shape index (κ2) is 1.99. The third-order valence-electron chi connectivity index (χ3n) is 1.19. The van der Waals surface area contributed by atoms with Crippen LogP contribution in [0.25, 0.3) is 0 Å². The number of ether oxygens (including phenoxy) is 1. The van der Waals surface area contributed by atoms with Crippen LogP contribution in [0.2, 0.25) is 0 Å². The van der Waals surface area contributed by atoms with E-state index in [1.54, 1.807) is 0 Å². The quantitative estimate of drug-likeness (QED) is 0.546. The van der Waals surface area contributed by atoms with Crippen molar-refractivity contribution in [2.24, 2.45) is 10.7 Å². The Kier molecular flexibility index (Phi) is 1.45. The standard InChI is InChI=1S/C6H12N2O/c1-6(2)4-9-5(3-7)8-6/h3-4,7H2,1-2H3. The molecule has 0 unspecified atom stereocenters. The molecule has 0 atom stereocenters. The monoisotopic (exact) mass is 128 g/mol. The van der Waals surface area contributed by atoms with Crippen LogP contribution in [0.5, 0.6) is 0 Å². The lowest BCUT2D eigenvalue weighted by atomic mass is 10.1. The van der Waals surface area contributed by atoms with E-state index in [2.05, 4.69) is 4.99 Å². The predicted octanol–water partition coefficient (Wildman–Crippen LogP) is 0.152. The van der Waals surface area contributed by atoms with Gasteiger partial charge < -0.3 is 10.5 Å². The average molecular weight is 128 g/mol. The molecule has 2 N–H and O–H groups in total. The molecule has 0 radical (unpaired) electrons. The number of hydrogen-bond donors (Lipinski definition) is 1. The molecular weight excluding hydrogens is 116 g/mol. The molecule has 0 aliphatic carbocycles. The molecule has 0 aromatic heterocycles. The fraction of sp³-hybridized carbons (Fsp3) is 0.833. The Labute approximate surface area is 54.9 Å². The highest BCUT2D eigenvalue weighted by atomic mass is 16.5. The second-order valence-corrected chi connectivity index (χ2v) is 2.81. The van der Waals surface area contributed by atoms with Gasteiger partial charge in [0.2, 0.25) is 0 Å². The van der Waals surface area contributed by atoms with Crippen molar-refractivity contribution in [2.45, 2.75) is 19.4 Å². The first-order valence-electron chi connectivity index (χ1n) is 3.06. The number of nitrogens with two attached hydrogens (primary N) is 1. The second-order valence-electron chi connectivity index (χ2n) is 2.81. The summed E-state index contributed by atoms with van der Waals surface area (Å²) in [6.45, 7) is 5.13. The number of nitrogens with zero attached hydrogens (tertiary/aromatic N) is 1. The molecule has 1 aliphatic heterocycles. The van der Waals surface area contributed by atoms with Crippen molar-refractivity contribution in [3.05, 3.63) is 0 Å². The summed E-state index contributed by atoms with van der Waals surface area (Å²) in [5, 5.41) is 0. The first-order valence-corrected chi connectivity index (χ1v) is 3.06. The highest BCUT2D eigenvalue weighted by Gasteiger charge is 2.24. The van der Waals surface area contributed by atoms with Crippen LogP contribution in [0, 0.1) is 0 Å². The SMILES string of the molecule is CC1(C)COC(CN)=N1. The Morgan fingerprint density at radius 2 is 2.44 bits per heavy atom. The largest absolute Gasteiger partial charge is 0.477 e. The maximum absolute atomic E-state index is 5.30. The van der Waals surface area contributed by atoms with Gasteiger partial charge in [-0.15, -0.1) is 0 Å². The van der Waals surface area contributed by atoms with Gasteiger partial charge in [0.05, 0.1) is 12.1 Å². The Balaban J connectivity index is 2.61. The van der Waals surface area contributed by atoms with E-state index in [9.17, 15) is 0 Å². The lowest BCUT2D eigenvalue weighted by Gasteiger charge is -2.07. The van der Waals surface area contributed by atoms with Gasteiger partial charge in [-0.3, -0.25) is 0 Å². The van der Waals surface area contributed by atoms with Crippen molar-refractivity contribution in [1.29, 1.82) is 0 Å². The first-order chi connectivity index (χ1) is 4.14. The maximum Gasteiger partial charge on any atom is 0.198 e. The lowest BCUT2D eigenvalue weighted by Crippen LogP contribution is -2.17. The summed E-state index contributed by atoms with van der Waals surface area (Å²) >= 11 is 0. The topological polar surface area (TPSA) is 47.6 Å². The van der Waals surface area contributed by atoms with E-state index in [0.717, 1.165) is 0 Å². The highest BCUT2D eigenvalue weighted by Crippen LogP contribution is 2.15. The third-order valence-corrected chi connectivity index (χ3v) is 1.19. The van der Waals surface area contributed by atoms with Gasteiger partial charge in [0.25, 0.3) is 0 Å². The summed E-state index contributed by atoms with van der Waals surface area (Å²) in [6, 6.07) is 0. The zero-order chi connectivity index (χ0) is 6.91. The van der Waals surface area contributed by atoms with Crippen LogP contribution in [-0.4, -0.2) is 24.6 Å². The smallest absolute Gasteiger partial charge is 0.198 e. The Morgan fingerprint density at radius 1 is 1.78 bits per heavy atom. The maximum atomic E-state index is 5.30. The molecule has 9 heavy (non-hydrogen) atoms. The van der Waals surface area contributed by atoms with E-state index in [1.807, 2.05) is 13.8 Å². The molecule has 52 valence electrons. The predicted molar refractivity (Wildman–Crippen MR) is 36.5 cm³/mol. The van der Waals surface area contributed by atoms with E-state index < -0.39 is 0 Å². The van der Waals surface area contributed by atoms with Crippen molar-refractivity contribution < 1.29 is 4.74 Å². The zero-order valence-corrected chi connectivity index (χ0v) is 5.85. The summed E-state index contributed by atoms with van der Waals surface area (Å²) in [5.41, 5.74) is 5.25. The molecule has 0 saturated heterocycles.